The molecule has 1 unspecified atom stereocenters. The first-order chi connectivity index (χ1) is 8.91. The number of benzene rings is 2. The number of hydrogen-bond donors (Lipinski definition) is 1. The number of aliphatic hydroxyl groups is 1. The zero-order valence-electron chi connectivity index (χ0n) is 10.5. The van der Waals surface area contributed by atoms with Crippen molar-refractivity contribution in [1.82, 2.24) is 0 Å². The highest BCUT2D eigenvalue weighted by molar-refractivity contribution is 9.10. The Balaban J connectivity index is 2.53. The summed E-state index contributed by atoms with van der Waals surface area (Å²) in [6.45, 7) is 3.89. The van der Waals surface area contributed by atoms with Gasteiger partial charge in [0.15, 0.2) is 0 Å². The summed E-state index contributed by atoms with van der Waals surface area (Å²) in [5, 5.41) is 10.5. The Morgan fingerprint density at radius 1 is 1.05 bits per heavy atom. The first kappa shape index (κ1) is 14.7. The van der Waals surface area contributed by atoms with Crippen molar-refractivity contribution in [1.29, 1.82) is 0 Å². The second-order valence-electron chi connectivity index (χ2n) is 4.50. The van der Waals surface area contributed by atoms with Gasteiger partial charge in [0.2, 0.25) is 0 Å². The fraction of sp³-hybridized carbons (Fsp3) is 0.200. The number of rotatable bonds is 2. The van der Waals surface area contributed by atoms with E-state index in [-0.39, 0.29) is 5.82 Å². The van der Waals surface area contributed by atoms with Gasteiger partial charge in [0.05, 0.1) is 4.47 Å². The average molecular weight is 388 g/mol. The minimum Gasteiger partial charge on any atom is -0.384 e. The van der Waals surface area contributed by atoms with Crippen LogP contribution in [0.5, 0.6) is 0 Å². The lowest BCUT2D eigenvalue weighted by Gasteiger charge is -2.17. The fourth-order valence-electron chi connectivity index (χ4n) is 2.00. The monoisotopic (exact) mass is 386 g/mol. The zero-order chi connectivity index (χ0) is 14.2. The number of halogens is 3. The van der Waals surface area contributed by atoms with Crippen LogP contribution in [-0.2, 0) is 0 Å². The summed E-state index contributed by atoms with van der Waals surface area (Å²) in [5.41, 5.74) is 3.31. The Morgan fingerprint density at radius 3 is 2.42 bits per heavy atom. The molecule has 0 heterocycles. The number of hydrogen-bond acceptors (Lipinski definition) is 1. The quantitative estimate of drug-likeness (QED) is 0.764. The molecule has 0 aliphatic carbocycles. The van der Waals surface area contributed by atoms with E-state index in [1.54, 1.807) is 12.1 Å². The van der Waals surface area contributed by atoms with Crippen LogP contribution in [0.15, 0.2) is 39.3 Å². The zero-order valence-corrected chi connectivity index (χ0v) is 13.7. The van der Waals surface area contributed by atoms with Crippen molar-refractivity contribution in [2.45, 2.75) is 20.0 Å². The molecule has 4 heteroatoms. The molecule has 2 rings (SSSR count). The molecule has 19 heavy (non-hydrogen) atoms. The van der Waals surface area contributed by atoms with Gasteiger partial charge in [-0.15, -0.1) is 0 Å². The molecule has 2 aromatic rings. The highest BCUT2D eigenvalue weighted by atomic mass is 79.9. The molecule has 2 aromatic carbocycles. The topological polar surface area (TPSA) is 20.2 Å². The Labute approximate surface area is 128 Å². The van der Waals surface area contributed by atoms with Gasteiger partial charge in [-0.2, -0.15) is 0 Å². The van der Waals surface area contributed by atoms with Crippen molar-refractivity contribution < 1.29 is 9.50 Å². The van der Waals surface area contributed by atoms with Gasteiger partial charge in [0.1, 0.15) is 11.9 Å². The van der Waals surface area contributed by atoms with E-state index >= 15 is 0 Å². The van der Waals surface area contributed by atoms with Crippen molar-refractivity contribution >= 4 is 31.9 Å². The van der Waals surface area contributed by atoms with Crippen molar-refractivity contribution in [3.63, 3.8) is 0 Å². The molecule has 0 aliphatic rings. The molecule has 0 bridgehead atoms. The van der Waals surface area contributed by atoms with Gasteiger partial charge in [-0.1, -0.05) is 34.1 Å². The van der Waals surface area contributed by atoms with Gasteiger partial charge in [0, 0.05) is 10.0 Å². The number of aliphatic hydroxyl groups excluding tert-OH is 1. The maximum Gasteiger partial charge on any atom is 0.137 e. The predicted molar refractivity (Wildman–Crippen MR) is 81.8 cm³/mol. The van der Waals surface area contributed by atoms with Crippen LogP contribution in [0.2, 0.25) is 0 Å². The molecule has 100 valence electrons. The Kier molecular flexibility index (Phi) is 4.43. The van der Waals surface area contributed by atoms with Crippen LogP contribution in [0.1, 0.15) is 28.4 Å². The minimum absolute atomic E-state index is 0.308. The second-order valence-corrected chi connectivity index (χ2v) is 6.15. The second kappa shape index (κ2) is 5.73. The van der Waals surface area contributed by atoms with Gasteiger partial charge < -0.3 is 5.11 Å². The average Bonchev–Trinajstić information content (AvgIpc) is 2.36. The van der Waals surface area contributed by atoms with Gasteiger partial charge in [-0.05, 0) is 58.6 Å². The van der Waals surface area contributed by atoms with Crippen molar-refractivity contribution in [3.05, 3.63) is 67.3 Å². The van der Waals surface area contributed by atoms with Gasteiger partial charge in [-0.3, -0.25) is 0 Å². The third-order valence-electron chi connectivity index (χ3n) is 3.12. The summed E-state index contributed by atoms with van der Waals surface area (Å²) >= 11 is 6.65. The molecule has 1 atom stereocenters. The standard InChI is InChI=1S/C15H13Br2FO/c1-8-7-12(16)9(2)6-11(8)15(19)10-4-3-5-13(18)14(10)17/h3-7,15,19H,1-2H3. The maximum atomic E-state index is 13.5. The van der Waals surface area contributed by atoms with E-state index < -0.39 is 6.10 Å². The van der Waals surface area contributed by atoms with E-state index in [1.807, 2.05) is 26.0 Å². The van der Waals surface area contributed by atoms with E-state index in [4.69, 9.17) is 0 Å². The van der Waals surface area contributed by atoms with E-state index in [0.717, 1.165) is 21.2 Å². The Bertz CT molecular complexity index is 626. The van der Waals surface area contributed by atoms with E-state index in [1.165, 1.54) is 6.07 Å². The molecule has 0 saturated heterocycles. The van der Waals surface area contributed by atoms with Gasteiger partial charge >= 0.3 is 0 Å². The SMILES string of the molecule is Cc1cc(C(O)c2cccc(F)c2Br)c(C)cc1Br. The lowest BCUT2D eigenvalue weighted by atomic mass is 9.96. The van der Waals surface area contributed by atoms with Crippen LogP contribution in [0.25, 0.3) is 0 Å². The van der Waals surface area contributed by atoms with Gasteiger partial charge in [-0.25, -0.2) is 4.39 Å². The molecule has 0 aromatic heterocycles. The van der Waals surface area contributed by atoms with E-state index in [2.05, 4.69) is 31.9 Å². The minimum atomic E-state index is -0.850. The predicted octanol–water partition coefficient (Wildman–Crippen LogP) is 5.05. The molecule has 0 aliphatic heterocycles. The highest BCUT2D eigenvalue weighted by Crippen LogP contribution is 2.33. The largest absolute Gasteiger partial charge is 0.384 e. The highest BCUT2D eigenvalue weighted by Gasteiger charge is 2.18. The summed E-state index contributed by atoms with van der Waals surface area (Å²) in [4.78, 5) is 0. The molecular weight excluding hydrogens is 375 g/mol. The molecular formula is C15H13Br2FO. The summed E-state index contributed by atoms with van der Waals surface area (Å²) < 4.78 is 14.8. The Morgan fingerprint density at radius 2 is 1.74 bits per heavy atom. The van der Waals surface area contributed by atoms with E-state index in [9.17, 15) is 9.50 Å². The third-order valence-corrected chi connectivity index (χ3v) is 4.81. The van der Waals surface area contributed by atoms with Gasteiger partial charge in [0.25, 0.3) is 0 Å². The summed E-state index contributed by atoms with van der Waals surface area (Å²) in [7, 11) is 0. The normalized spacial score (nSPS) is 12.5. The summed E-state index contributed by atoms with van der Waals surface area (Å²) in [6.07, 6.45) is -0.850. The molecule has 0 amide bonds. The molecule has 0 radical (unpaired) electrons. The van der Waals surface area contributed by atoms with Crippen molar-refractivity contribution in [2.75, 3.05) is 0 Å². The summed E-state index contributed by atoms with van der Waals surface area (Å²) in [5.74, 6) is -0.372. The van der Waals surface area contributed by atoms with Crippen LogP contribution >= 0.6 is 31.9 Å². The lowest BCUT2D eigenvalue weighted by molar-refractivity contribution is 0.218. The first-order valence-corrected chi connectivity index (χ1v) is 7.39. The molecule has 1 N–H and O–H groups in total. The smallest absolute Gasteiger partial charge is 0.137 e. The maximum absolute atomic E-state index is 13.5. The first-order valence-electron chi connectivity index (χ1n) is 5.80. The summed E-state index contributed by atoms with van der Waals surface area (Å²) in [6, 6.07) is 8.55. The van der Waals surface area contributed by atoms with Crippen LogP contribution in [0.3, 0.4) is 0 Å². The van der Waals surface area contributed by atoms with E-state index in [0.29, 0.717) is 10.0 Å². The molecule has 1 nitrogen and oxygen atoms in total. The number of aryl methyl sites for hydroxylation is 2. The van der Waals surface area contributed by atoms with Crippen molar-refractivity contribution in [2.24, 2.45) is 0 Å². The molecule has 0 saturated carbocycles. The van der Waals surface area contributed by atoms with Crippen LogP contribution in [0, 0.1) is 19.7 Å². The van der Waals surface area contributed by atoms with Crippen LogP contribution in [0.4, 0.5) is 4.39 Å². The molecule has 0 spiro atoms. The Hall–Kier alpha value is -0.710. The lowest BCUT2D eigenvalue weighted by Crippen LogP contribution is -2.04. The van der Waals surface area contributed by atoms with Crippen LogP contribution in [-0.4, -0.2) is 5.11 Å². The third kappa shape index (κ3) is 2.91. The van der Waals surface area contributed by atoms with Crippen LogP contribution < -0.4 is 0 Å². The fourth-order valence-corrected chi connectivity index (χ4v) is 2.94. The molecule has 0 fully saturated rings. The van der Waals surface area contributed by atoms with Crippen molar-refractivity contribution in [3.8, 4) is 0 Å².